The monoisotopic (exact) mass is 192 g/mol. The standard InChI is InChI=1S/C14H24/c1-6-7-12-10(3)13-8-9(2)11(4)14(12,13)5/h6-7,9-13H,8H2,1-5H3/b7-6+/t9-,10?,11-,12?,13?,14+/m1/s1. The van der Waals surface area contributed by atoms with Gasteiger partial charge in [-0.05, 0) is 48.3 Å². The molecule has 2 saturated carbocycles. The highest BCUT2D eigenvalue weighted by Gasteiger charge is 2.62. The normalized spacial score (nSPS) is 57.4. The van der Waals surface area contributed by atoms with Crippen molar-refractivity contribution in [2.75, 3.05) is 0 Å². The number of hydrogen-bond acceptors (Lipinski definition) is 0. The zero-order valence-electron chi connectivity index (χ0n) is 10.2. The van der Waals surface area contributed by atoms with E-state index in [9.17, 15) is 0 Å². The Morgan fingerprint density at radius 2 is 1.86 bits per heavy atom. The van der Waals surface area contributed by atoms with Gasteiger partial charge in [0.25, 0.3) is 0 Å². The minimum atomic E-state index is 0.616. The Kier molecular flexibility index (Phi) is 2.28. The molecule has 0 aliphatic heterocycles. The van der Waals surface area contributed by atoms with Crippen LogP contribution in [0.25, 0.3) is 0 Å². The summed E-state index contributed by atoms with van der Waals surface area (Å²) in [5, 5.41) is 0. The quantitative estimate of drug-likeness (QED) is 0.548. The van der Waals surface area contributed by atoms with Gasteiger partial charge in [-0.25, -0.2) is 0 Å². The maximum Gasteiger partial charge on any atom is -0.0146 e. The highest BCUT2D eigenvalue weighted by atomic mass is 14.7. The molecule has 0 N–H and O–H groups in total. The Balaban J connectivity index is 2.25. The highest BCUT2D eigenvalue weighted by molar-refractivity contribution is 5.16. The molecule has 0 aromatic rings. The van der Waals surface area contributed by atoms with E-state index in [0.29, 0.717) is 5.41 Å². The molecule has 0 heterocycles. The van der Waals surface area contributed by atoms with Crippen LogP contribution in [0.3, 0.4) is 0 Å². The minimum Gasteiger partial charge on any atom is -0.0914 e. The van der Waals surface area contributed by atoms with Gasteiger partial charge in [-0.15, -0.1) is 0 Å². The van der Waals surface area contributed by atoms with Crippen LogP contribution in [0.4, 0.5) is 0 Å². The zero-order valence-corrected chi connectivity index (χ0v) is 10.2. The summed E-state index contributed by atoms with van der Waals surface area (Å²) in [5.74, 6) is 4.60. The van der Waals surface area contributed by atoms with Crippen LogP contribution in [-0.2, 0) is 0 Å². The summed E-state index contributed by atoms with van der Waals surface area (Å²) in [4.78, 5) is 0. The lowest BCUT2D eigenvalue weighted by atomic mass is 9.47. The SMILES string of the molecule is C/C=C/C1C(C)C2C[C@@H](C)[C@@H](C)[C@@]12C. The third-order valence-electron chi connectivity index (χ3n) is 5.58. The first-order valence-corrected chi connectivity index (χ1v) is 6.16. The van der Waals surface area contributed by atoms with Gasteiger partial charge in [0.2, 0.25) is 0 Å². The average Bonchev–Trinajstić information content (AvgIpc) is 2.37. The van der Waals surface area contributed by atoms with Crippen LogP contribution in [0.2, 0.25) is 0 Å². The summed E-state index contributed by atoms with van der Waals surface area (Å²) in [5.41, 5.74) is 0.616. The van der Waals surface area contributed by atoms with Crippen molar-refractivity contribution in [2.24, 2.45) is 35.0 Å². The van der Waals surface area contributed by atoms with Crippen LogP contribution < -0.4 is 0 Å². The van der Waals surface area contributed by atoms with Crippen molar-refractivity contribution >= 4 is 0 Å². The highest BCUT2D eigenvalue weighted by Crippen LogP contribution is 2.68. The van der Waals surface area contributed by atoms with E-state index in [-0.39, 0.29) is 0 Å². The Hall–Kier alpha value is -0.260. The lowest BCUT2D eigenvalue weighted by Gasteiger charge is -2.57. The van der Waals surface area contributed by atoms with Crippen LogP contribution in [0.5, 0.6) is 0 Å². The summed E-state index contributed by atoms with van der Waals surface area (Å²) < 4.78 is 0. The first-order valence-electron chi connectivity index (χ1n) is 6.16. The van der Waals surface area contributed by atoms with Crippen molar-refractivity contribution in [1.29, 1.82) is 0 Å². The van der Waals surface area contributed by atoms with Gasteiger partial charge in [-0.2, -0.15) is 0 Å². The molecule has 3 unspecified atom stereocenters. The molecule has 0 aromatic heterocycles. The van der Waals surface area contributed by atoms with Crippen molar-refractivity contribution in [3.8, 4) is 0 Å². The third kappa shape index (κ3) is 1.00. The van der Waals surface area contributed by atoms with Gasteiger partial charge in [0, 0.05) is 0 Å². The van der Waals surface area contributed by atoms with E-state index in [1.54, 1.807) is 0 Å². The second-order valence-electron chi connectivity index (χ2n) is 5.88. The molecule has 80 valence electrons. The van der Waals surface area contributed by atoms with E-state index in [1.165, 1.54) is 6.42 Å². The van der Waals surface area contributed by atoms with Gasteiger partial charge in [-0.3, -0.25) is 0 Å². The summed E-state index contributed by atoms with van der Waals surface area (Å²) in [6, 6.07) is 0. The third-order valence-corrected chi connectivity index (χ3v) is 5.58. The van der Waals surface area contributed by atoms with Crippen molar-refractivity contribution in [3.63, 3.8) is 0 Å². The molecule has 2 aliphatic rings. The minimum absolute atomic E-state index is 0.616. The van der Waals surface area contributed by atoms with E-state index in [1.807, 2.05) is 0 Å². The van der Waals surface area contributed by atoms with E-state index >= 15 is 0 Å². The molecule has 2 fully saturated rings. The molecule has 0 spiro atoms. The van der Waals surface area contributed by atoms with E-state index < -0.39 is 0 Å². The van der Waals surface area contributed by atoms with Gasteiger partial charge in [0.05, 0.1) is 0 Å². The zero-order chi connectivity index (χ0) is 10.5. The van der Waals surface area contributed by atoms with E-state index in [2.05, 4.69) is 46.8 Å². The molecule has 0 nitrogen and oxygen atoms in total. The Morgan fingerprint density at radius 3 is 2.43 bits per heavy atom. The van der Waals surface area contributed by atoms with Crippen LogP contribution in [0.15, 0.2) is 12.2 Å². The molecule has 0 aromatic carbocycles. The molecular weight excluding hydrogens is 168 g/mol. The fraction of sp³-hybridized carbons (Fsp3) is 0.857. The van der Waals surface area contributed by atoms with Gasteiger partial charge in [0.1, 0.15) is 0 Å². The summed E-state index contributed by atoms with van der Waals surface area (Å²) in [7, 11) is 0. The molecule has 2 aliphatic carbocycles. The second-order valence-corrected chi connectivity index (χ2v) is 5.88. The van der Waals surface area contributed by atoms with Gasteiger partial charge in [0.15, 0.2) is 0 Å². The lowest BCUT2D eigenvalue weighted by Crippen LogP contribution is -2.52. The molecule has 14 heavy (non-hydrogen) atoms. The number of allylic oxidation sites excluding steroid dienone is 2. The molecule has 0 saturated heterocycles. The smallest absolute Gasteiger partial charge is 0.0146 e. The van der Waals surface area contributed by atoms with Crippen molar-refractivity contribution in [2.45, 2.75) is 41.0 Å². The molecule has 0 heteroatoms. The molecule has 0 amide bonds. The molecule has 2 rings (SSSR count). The second kappa shape index (κ2) is 3.12. The number of fused-ring (bicyclic) bond motifs is 1. The Labute approximate surface area is 88.8 Å². The first-order chi connectivity index (χ1) is 6.53. The molecular formula is C14H24. The number of hydrogen-bond donors (Lipinski definition) is 0. The maximum absolute atomic E-state index is 2.52. The van der Waals surface area contributed by atoms with E-state index in [0.717, 1.165) is 29.6 Å². The largest absolute Gasteiger partial charge is 0.0914 e. The lowest BCUT2D eigenvalue weighted by molar-refractivity contribution is -0.0747. The Morgan fingerprint density at radius 1 is 1.21 bits per heavy atom. The van der Waals surface area contributed by atoms with Crippen molar-refractivity contribution < 1.29 is 0 Å². The number of rotatable bonds is 1. The predicted molar refractivity (Wildman–Crippen MR) is 62.0 cm³/mol. The molecule has 0 bridgehead atoms. The first kappa shape index (κ1) is 10.3. The van der Waals surface area contributed by atoms with Crippen LogP contribution in [0, 0.1) is 35.0 Å². The van der Waals surface area contributed by atoms with E-state index in [4.69, 9.17) is 0 Å². The van der Waals surface area contributed by atoms with Gasteiger partial charge in [-0.1, -0.05) is 39.8 Å². The average molecular weight is 192 g/mol. The van der Waals surface area contributed by atoms with Crippen LogP contribution >= 0.6 is 0 Å². The van der Waals surface area contributed by atoms with Crippen LogP contribution in [-0.4, -0.2) is 0 Å². The predicted octanol–water partition coefficient (Wildman–Crippen LogP) is 4.13. The summed E-state index contributed by atoms with van der Waals surface area (Å²) in [6.45, 7) is 12.0. The maximum atomic E-state index is 2.52. The van der Waals surface area contributed by atoms with Gasteiger partial charge < -0.3 is 0 Å². The summed E-state index contributed by atoms with van der Waals surface area (Å²) in [6.07, 6.45) is 6.17. The fourth-order valence-electron chi connectivity index (χ4n) is 4.43. The fourth-order valence-corrected chi connectivity index (χ4v) is 4.43. The summed E-state index contributed by atoms with van der Waals surface area (Å²) >= 11 is 0. The van der Waals surface area contributed by atoms with Crippen molar-refractivity contribution in [3.05, 3.63) is 12.2 Å². The van der Waals surface area contributed by atoms with Gasteiger partial charge >= 0.3 is 0 Å². The Bertz CT molecular complexity index is 253. The topological polar surface area (TPSA) is 0 Å². The molecule has 0 radical (unpaired) electrons. The van der Waals surface area contributed by atoms with Crippen LogP contribution in [0.1, 0.15) is 41.0 Å². The van der Waals surface area contributed by atoms with Crippen molar-refractivity contribution in [1.82, 2.24) is 0 Å². The molecule has 6 atom stereocenters.